The highest BCUT2D eigenvalue weighted by atomic mass is 32.2. The number of hydrogen-bond donors (Lipinski definition) is 0. The first-order valence-corrected chi connectivity index (χ1v) is 12.9. The Bertz CT molecular complexity index is 1270. The number of amides is 2. The maximum atomic E-state index is 13.4. The van der Waals surface area contributed by atoms with Gasteiger partial charge >= 0.3 is 0 Å². The van der Waals surface area contributed by atoms with Gasteiger partial charge in [0.15, 0.2) is 5.76 Å². The van der Waals surface area contributed by atoms with Crippen molar-refractivity contribution < 1.29 is 22.4 Å². The third-order valence-corrected chi connectivity index (χ3v) is 8.65. The molecule has 4 heterocycles. The highest BCUT2D eigenvalue weighted by Crippen LogP contribution is 2.29. The van der Waals surface area contributed by atoms with E-state index in [0.29, 0.717) is 56.6 Å². The van der Waals surface area contributed by atoms with Crippen LogP contribution in [0.25, 0.3) is 11.0 Å². The standard InChI is InChI=1S/C21H23N5O5S2/c27-20(24-9-11-25(12-10-24)21(28)17-6-3-13-31-17)15-4-2-8-26(14-15)33(29,30)18-7-1-5-16-19(18)23-32-22-16/h1,3,5-7,13,15H,2,4,8-12,14H2/t15-/m0/s1. The van der Waals surface area contributed by atoms with E-state index in [2.05, 4.69) is 8.75 Å². The summed E-state index contributed by atoms with van der Waals surface area (Å²) in [6.07, 6.45) is 2.71. The van der Waals surface area contributed by atoms with Gasteiger partial charge in [-0.3, -0.25) is 9.59 Å². The molecule has 10 nitrogen and oxygen atoms in total. The minimum absolute atomic E-state index is 0.0615. The van der Waals surface area contributed by atoms with E-state index in [0.717, 1.165) is 11.7 Å². The summed E-state index contributed by atoms with van der Waals surface area (Å²) in [6.45, 7) is 2.17. The second-order valence-corrected chi connectivity index (χ2v) is 10.6. The van der Waals surface area contributed by atoms with Crippen molar-refractivity contribution in [1.82, 2.24) is 22.9 Å². The molecule has 2 saturated heterocycles. The minimum atomic E-state index is -3.80. The number of hydrogen-bond acceptors (Lipinski definition) is 8. The minimum Gasteiger partial charge on any atom is -0.459 e. The molecule has 0 N–H and O–H groups in total. The highest BCUT2D eigenvalue weighted by Gasteiger charge is 2.37. The van der Waals surface area contributed by atoms with E-state index in [-0.39, 0.29) is 29.0 Å². The van der Waals surface area contributed by atoms with E-state index in [1.54, 1.807) is 40.1 Å². The van der Waals surface area contributed by atoms with Crippen LogP contribution in [0.4, 0.5) is 0 Å². The number of piperidine rings is 1. The van der Waals surface area contributed by atoms with Gasteiger partial charge in [0.25, 0.3) is 5.91 Å². The van der Waals surface area contributed by atoms with Crippen molar-refractivity contribution in [2.75, 3.05) is 39.3 Å². The predicted octanol–water partition coefficient (Wildman–Crippen LogP) is 1.67. The summed E-state index contributed by atoms with van der Waals surface area (Å²) in [5, 5.41) is 0. The van der Waals surface area contributed by atoms with Crippen LogP contribution in [0, 0.1) is 5.92 Å². The zero-order chi connectivity index (χ0) is 23.0. The summed E-state index contributed by atoms with van der Waals surface area (Å²) in [5.74, 6) is -0.372. The van der Waals surface area contributed by atoms with Crippen molar-refractivity contribution >= 4 is 44.6 Å². The lowest BCUT2D eigenvalue weighted by Crippen LogP contribution is -2.54. The molecule has 0 radical (unpaired) electrons. The maximum absolute atomic E-state index is 13.4. The number of sulfonamides is 1. The van der Waals surface area contributed by atoms with Gasteiger partial charge in [-0.25, -0.2) is 8.42 Å². The Labute approximate surface area is 195 Å². The molecular formula is C21H23N5O5S2. The van der Waals surface area contributed by atoms with Crippen LogP contribution in [-0.2, 0) is 14.8 Å². The smallest absolute Gasteiger partial charge is 0.289 e. The van der Waals surface area contributed by atoms with Crippen molar-refractivity contribution in [2.45, 2.75) is 17.7 Å². The topological polar surface area (TPSA) is 117 Å². The van der Waals surface area contributed by atoms with Gasteiger partial charge in [0.05, 0.1) is 23.9 Å². The normalized spacial score (nSPS) is 20.3. The number of rotatable bonds is 4. The third kappa shape index (κ3) is 4.13. The number of fused-ring (bicyclic) bond motifs is 1. The molecule has 1 atom stereocenters. The van der Waals surface area contributed by atoms with Gasteiger partial charge in [0.1, 0.15) is 15.9 Å². The van der Waals surface area contributed by atoms with Crippen molar-refractivity contribution in [3.63, 3.8) is 0 Å². The monoisotopic (exact) mass is 489 g/mol. The Morgan fingerprint density at radius 3 is 2.55 bits per heavy atom. The summed E-state index contributed by atoms with van der Waals surface area (Å²) < 4.78 is 41.6. The van der Waals surface area contributed by atoms with Crippen LogP contribution in [0.15, 0.2) is 45.9 Å². The molecule has 1 aromatic carbocycles. The second-order valence-electron chi connectivity index (χ2n) is 8.19. The molecule has 33 heavy (non-hydrogen) atoms. The van der Waals surface area contributed by atoms with Gasteiger partial charge in [-0.1, -0.05) is 6.07 Å². The highest BCUT2D eigenvalue weighted by molar-refractivity contribution is 7.89. The zero-order valence-corrected chi connectivity index (χ0v) is 19.4. The fourth-order valence-electron chi connectivity index (χ4n) is 4.44. The number of nitrogens with zero attached hydrogens (tertiary/aromatic N) is 5. The molecule has 2 aliphatic rings. The number of benzene rings is 1. The van der Waals surface area contributed by atoms with Crippen LogP contribution in [0.5, 0.6) is 0 Å². The fourth-order valence-corrected chi connectivity index (χ4v) is 6.71. The van der Waals surface area contributed by atoms with E-state index in [4.69, 9.17) is 4.42 Å². The van der Waals surface area contributed by atoms with Crippen LogP contribution < -0.4 is 0 Å². The van der Waals surface area contributed by atoms with Gasteiger partial charge in [0.2, 0.25) is 15.9 Å². The number of piperazine rings is 1. The quantitative estimate of drug-likeness (QED) is 0.547. The Kier molecular flexibility index (Phi) is 5.89. The molecule has 0 aliphatic carbocycles. The van der Waals surface area contributed by atoms with Gasteiger partial charge in [-0.15, -0.1) is 0 Å². The average Bonchev–Trinajstić information content (AvgIpc) is 3.55. The first kappa shape index (κ1) is 22.0. The Morgan fingerprint density at radius 2 is 1.79 bits per heavy atom. The number of aromatic nitrogens is 2. The SMILES string of the molecule is O=C(c1ccco1)N1CCN(C(=O)[C@H]2CCCN(S(=O)(=O)c3cccc4nsnc34)C2)CC1. The van der Waals surface area contributed by atoms with Crippen molar-refractivity contribution in [3.8, 4) is 0 Å². The Balaban J connectivity index is 1.25. The van der Waals surface area contributed by atoms with Crippen molar-refractivity contribution in [1.29, 1.82) is 0 Å². The fraction of sp³-hybridized carbons (Fsp3) is 0.429. The lowest BCUT2D eigenvalue weighted by Gasteiger charge is -2.38. The summed E-state index contributed by atoms with van der Waals surface area (Å²) >= 11 is 0.978. The predicted molar refractivity (Wildman–Crippen MR) is 120 cm³/mol. The third-order valence-electron chi connectivity index (χ3n) is 6.21. The molecule has 12 heteroatoms. The molecule has 0 unspecified atom stereocenters. The lowest BCUT2D eigenvalue weighted by molar-refractivity contribution is -0.138. The zero-order valence-electron chi connectivity index (χ0n) is 17.8. The second kappa shape index (κ2) is 8.84. The average molecular weight is 490 g/mol. The maximum Gasteiger partial charge on any atom is 0.289 e. The molecule has 2 amide bonds. The van der Waals surface area contributed by atoms with Gasteiger partial charge in [0, 0.05) is 39.3 Å². The summed E-state index contributed by atoms with van der Waals surface area (Å²) in [5.41, 5.74) is 0.918. The Hall–Kier alpha value is -2.83. The molecule has 3 aromatic rings. The molecule has 2 fully saturated rings. The molecule has 2 aromatic heterocycles. The van der Waals surface area contributed by atoms with E-state index in [1.165, 1.54) is 10.6 Å². The van der Waals surface area contributed by atoms with Gasteiger partial charge < -0.3 is 14.2 Å². The van der Waals surface area contributed by atoms with Crippen LogP contribution in [0.3, 0.4) is 0 Å². The number of carbonyl (C=O) groups excluding carboxylic acids is 2. The first-order valence-electron chi connectivity index (χ1n) is 10.8. The van der Waals surface area contributed by atoms with Gasteiger partial charge in [-0.2, -0.15) is 13.1 Å². The number of furan rings is 1. The molecule has 0 spiro atoms. The summed E-state index contributed by atoms with van der Waals surface area (Å²) in [7, 11) is -3.80. The first-order chi connectivity index (χ1) is 15.9. The summed E-state index contributed by atoms with van der Waals surface area (Å²) in [4.78, 5) is 29.2. The van der Waals surface area contributed by atoms with E-state index in [9.17, 15) is 18.0 Å². The van der Waals surface area contributed by atoms with Crippen LogP contribution in [-0.4, -0.2) is 82.4 Å². The molecule has 0 saturated carbocycles. The van der Waals surface area contributed by atoms with Crippen LogP contribution in [0.2, 0.25) is 0 Å². The van der Waals surface area contributed by atoms with Crippen LogP contribution in [0.1, 0.15) is 23.4 Å². The summed E-state index contributed by atoms with van der Waals surface area (Å²) in [6, 6.07) is 8.23. The van der Waals surface area contributed by atoms with Crippen molar-refractivity contribution in [2.24, 2.45) is 5.92 Å². The van der Waals surface area contributed by atoms with E-state index in [1.807, 2.05) is 0 Å². The van der Waals surface area contributed by atoms with Crippen LogP contribution >= 0.6 is 11.7 Å². The van der Waals surface area contributed by atoms with Gasteiger partial charge in [-0.05, 0) is 37.1 Å². The van der Waals surface area contributed by atoms with Crippen molar-refractivity contribution in [3.05, 3.63) is 42.4 Å². The van der Waals surface area contributed by atoms with E-state index < -0.39 is 15.9 Å². The molecular weight excluding hydrogens is 466 g/mol. The molecule has 2 aliphatic heterocycles. The lowest BCUT2D eigenvalue weighted by atomic mass is 9.97. The molecule has 0 bridgehead atoms. The Morgan fingerprint density at radius 1 is 1.00 bits per heavy atom. The number of carbonyl (C=O) groups is 2. The largest absolute Gasteiger partial charge is 0.459 e. The van der Waals surface area contributed by atoms with E-state index >= 15 is 0 Å². The molecule has 174 valence electrons. The molecule has 5 rings (SSSR count).